The highest BCUT2D eigenvalue weighted by Gasteiger charge is 1.91. The summed E-state index contributed by atoms with van der Waals surface area (Å²) in [4.78, 5) is 9.73. The molecule has 0 aliphatic heterocycles. The third-order valence-corrected chi connectivity index (χ3v) is 2.32. The summed E-state index contributed by atoms with van der Waals surface area (Å²) in [5.74, 6) is 0.879. The second-order valence-electron chi connectivity index (χ2n) is 2.60. The van der Waals surface area contributed by atoms with Gasteiger partial charge in [0.25, 0.3) is 0 Å². The first-order valence-electron chi connectivity index (χ1n) is 4.16. The number of hydrogen-bond acceptors (Lipinski definition) is 3. The van der Waals surface area contributed by atoms with E-state index in [2.05, 4.69) is 16.5 Å². The van der Waals surface area contributed by atoms with Gasteiger partial charge in [-0.05, 0) is 30.4 Å². The zero-order valence-corrected chi connectivity index (χ0v) is 8.09. The Morgan fingerprint density at radius 3 is 2.77 bits per heavy atom. The molecule has 0 bridgehead atoms. The molecule has 0 radical (unpaired) electrons. The van der Waals surface area contributed by atoms with Gasteiger partial charge in [-0.3, -0.25) is 0 Å². The second kappa shape index (κ2) is 6.46. The molecule has 68 valence electrons. The molecule has 2 nitrogen and oxygen atoms in total. The number of benzene rings is 1. The van der Waals surface area contributed by atoms with E-state index in [4.69, 9.17) is 0 Å². The van der Waals surface area contributed by atoms with Crippen LogP contribution in [-0.2, 0) is 11.2 Å². The van der Waals surface area contributed by atoms with Gasteiger partial charge in [0.2, 0.25) is 6.08 Å². The van der Waals surface area contributed by atoms with Gasteiger partial charge in [0.1, 0.15) is 0 Å². The predicted octanol–water partition coefficient (Wildman–Crippen LogP) is 2.60. The zero-order chi connectivity index (χ0) is 9.36. The number of isocyanates is 1. The van der Waals surface area contributed by atoms with Crippen LogP contribution in [0.2, 0.25) is 0 Å². The van der Waals surface area contributed by atoms with Crippen LogP contribution in [0.25, 0.3) is 0 Å². The van der Waals surface area contributed by atoms with Crippen LogP contribution in [0.4, 0.5) is 0 Å². The van der Waals surface area contributed by atoms with Gasteiger partial charge in [0.15, 0.2) is 0 Å². The van der Waals surface area contributed by atoms with Gasteiger partial charge in [-0.25, -0.2) is 4.79 Å². The fraction of sp³-hybridized carbons (Fsp3) is 0.300. The first-order chi connectivity index (χ1) is 6.43. The van der Waals surface area contributed by atoms with Crippen LogP contribution in [0.15, 0.2) is 34.7 Å². The molecule has 0 heterocycles. The number of nitrogens with zero attached hydrogens (tertiary/aromatic N) is 1. The monoisotopic (exact) mass is 193 g/mol. The summed E-state index contributed by atoms with van der Waals surface area (Å²) in [7, 11) is 0. The summed E-state index contributed by atoms with van der Waals surface area (Å²) >= 11 is 1.27. The Labute approximate surface area is 82.2 Å². The third-order valence-electron chi connectivity index (χ3n) is 1.65. The van der Waals surface area contributed by atoms with Crippen LogP contribution in [0.5, 0.6) is 0 Å². The van der Waals surface area contributed by atoms with Gasteiger partial charge in [-0.15, -0.1) is 4.40 Å². The summed E-state index contributed by atoms with van der Waals surface area (Å²) in [6, 6.07) is 10.3. The lowest BCUT2D eigenvalue weighted by Gasteiger charge is -1.97. The van der Waals surface area contributed by atoms with E-state index in [0.717, 1.165) is 18.6 Å². The van der Waals surface area contributed by atoms with Crippen molar-refractivity contribution in [2.24, 2.45) is 4.40 Å². The van der Waals surface area contributed by atoms with Crippen molar-refractivity contribution in [2.75, 3.05) is 5.75 Å². The molecule has 0 N–H and O–H groups in total. The van der Waals surface area contributed by atoms with Crippen LogP contribution in [0.3, 0.4) is 0 Å². The predicted molar refractivity (Wildman–Crippen MR) is 55.3 cm³/mol. The van der Waals surface area contributed by atoms with Crippen molar-refractivity contribution in [3.05, 3.63) is 35.9 Å². The summed E-state index contributed by atoms with van der Waals surface area (Å²) < 4.78 is 3.41. The van der Waals surface area contributed by atoms with Crippen LogP contribution < -0.4 is 0 Å². The summed E-state index contributed by atoms with van der Waals surface area (Å²) in [6.45, 7) is 0. The Bertz CT molecular complexity index is 280. The first kappa shape index (κ1) is 10.0. The van der Waals surface area contributed by atoms with Gasteiger partial charge in [-0.2, -0.15) is 0 Å². The van der Waals surface area contributed by atoms with Crippen LogP contribution in [0.1, 0.15) is 12.0 Å². The molecular weight excluding hydrogens is 182 g/mol. The maximum absolute atomic E-state index is 9.73. The minimum absolute atomic E-state index is 0.879. The highest BCUT2D eigenvalue weighted by atomic mass is 32.2. The highest BCUT2D eigenvalue weighted by Crippen LogP contribution is 2.07. The average molecular weight is 193 g/mol. The highest BCUT2D eigenvalue weighted by molar-refractivity contribution is 7.98. The van der Waals surface area contributed by atoms with Crippen LogP contribution >= 0.6 is 11.9 Å². The van der Waals surface area contributed by atoms with Crippen LogP contribution in [-0.4, -0.2) is 11.8 Å². The van der Waals surface area contributed by atoms with Gasteiger partial charge < -0.3 is 0 Å². The molecule has 13 heavy (non-hydrogen) atoms. The Hall–Kier alpha value is -1.05. The molecule has 1 aromatic carbocycles. The molecule has 0 aromatic heterocycles. The summed E-state index contributed by atoms with van der Waals surface area (Å²) in [5.41, 5.74) is 1.33. The molecule has 0 saturated carbocycles. The standard InChI is InChI=1S/C10H11NOS/c12-9-11-13-8-4-7-10-5-2-1-3-6-10/h1-3,5-6H,4,7-8H2. The molecule has 0 amide bonds. The number of hydrogen-bond donors (Lipinski definition) is 0. The summed E-state index contributed by atoms with van der Waals surface area (Å²) in [5, 5.41) is 0. The Balaban J connectivity index is 2.17. The van der Waals surface area contributed by atoms with Gasteiger partial charge in [0, 0.05) is 5.75 Å². The second-order valence-corrected chi connectivity index (χ2v) is 3.45. The first-order valence-corrected chi connectivity index (χ1v) is 5.11. The lowest BCUT2D eigenvalue weighted by molar-refractivity contribution is 0.566. The molecule has 3 heteroatoms. The van der Waals surface area contributed by atoms with Crippen molar-refractivity contribution in [1.29, 1.82) is 0 Å². The molecule has 0 spiro atoms. The smallest absolute Gasteiger partial charge is 0.210 e. The van der Waals surface area contributed by atoms with Crippen molar-refractivity contribution < 1.29 is 4.79 Å². The summed E-state index contributed by atoms with van der Waals surface area (Å²) in [6.07, 6.45) is 3.59. The van der Waals surface area contributed by atoms with Crippen molar-refractivity contribution >= 4 is 18.0 Å². The molecule has 0 fully saturated rings. The van der Waals surface area contributed by atoms with E-state index >= 15 is 0 Å². The Kier molecular flexibility index (Phi) is 4.99. The fourth-order valence-electron chi connectivity index (χ4n) is 1.06. The van der Waals surface area contributed by atoms with E-state index in [1.807, 2.05) is 18.2 Å². The SMILES string of the molecule is O=C=NSCCCc1ccccc1. The third kappa shape index (κ3) is 4.51. The normalized spacial score (nSPS) is 9.23. The number of aryl methyl sites for hydroxylation is 1. The molecule has 0 aliphatic rings. The van der Waals surface area contributed by atoms with Crippen molar-refractivity contribution in [1.82, 2.24) is 0 Å². The molecule has 1 rings (SSSR count). The largest absolute Gasteiger partial charge is 0.247 e. The van der Waals surface area contributed by atoms with E-state index < -0.39 is 0 Å². The van der Waals surface area contributed by atoms with Crippen molar-refractivity contribution in [3.63, 3.8) is 0 Å². The molecule has 0 saturated heterocycles. The van der Waals surface area contributed by atoms with Crippen molar-refractivity contribution in [2.45, 2.75) is 12.8 Å². The quantitative estimate of drug-likeness (QED) is 0.311. The molecule has 0 unspecified atom stereocenters. The van der Waals surface area contributed by atoms with E-state index in [1.165, 1.54) is 23.6 Å². The van der Waals surface area contributed by atoms with E-state index in [0.29, 0.717) is 0 Å². The van der Waals surface area contributed by atoms with E-state index in [1.54, 1.807) is 0 Å². The van der Waals surface area contributed by atoms with E-state index in [-0.39, 0.29) is 0 Å². The lowest BCUT2D eigenvalue weighted by Crippen LogP contribution is -1.85. The topological polar surface area (TPSA) is 29.4 Å². The molecule has 0 aliphatic carbocycles. The molecule has 1 aromatic rings. The Morgan fingerprint density at radius 2 is 2.08 bits per heavy atom. The maximum atomic E-state index is 9.73. The maximum Gasteiger partial charge on any atom is 0.247 e. The van der Waals surface area contributed by atoms with Gasteiger partial charge >= 0.3 is 0 Å². The van der Waals surface area contributed by atoms with E-state index in [9.17, 15) is 4.79 Å². The zero-order valence-electron chi connectivity index (χ0n) is 7.27. The lowest BCUT2D eigenvalue weighted by atomic mass is 10.1. The molecular formula is C10H11NOS. The fourth-order valence-corrected chi connectivity index (χ4v) is 1.47. The van der Waals surface area contributed by atoms with Gasteiger partial charge in [-0.1, -0.05) is 30.3 Å². The van der Waals surface area contributed by atoms with Crippen LogP contribution in [0, 0.1) is 0 Å². The van der Waals surface area contributed by atoms with Crippen molar-refractivity contribution in [3.8, 4) is 0 Å². The molecule has 0 atom stereocenters. The minimum Gasteiger partial charge on any atom is -0.210 e. The average Bonchev–Trinajstić information content (AvgIpc) is 2.19. The van der Waals surface area contributed by atoms with Gasteiger partial charge in [0.05, 0.1) is 0 Å². The number of carbonyl (C=O) groups excluding carboxylic acids is 1. The number of rotatable bonds is 5. The minimum atomic E-state index is 0.879. The Morgan fingerprint density at radius 1 is 1.31 bits per heavy atom.